The number of ether oxygens (including phenoxy) is 1. The molecule has 4 nitrogen and oxygen atoms in total. The summed E-state index contributed by atoms with van der Waals surface area (Å²) in [6.45, 7) is 2.64. The average molecular weight is 249 g/mol. The van der Waals surface area contributed by atoms with Crippen LogP contribution in [0.25, 0.3) is 0 Å². The van der Waals surface area contributed by atoms with Crippen LogP contribution < -0.4 is 5.32 Å². The molecule has 1 aromatic rings. The van der Waals surface area contributed by atoms with Gasteiger partial charge in [-0.2, -0.15) is 0 Å². The van der Waals surface area contributed by atoms with Crippen molar-refractivity contribution in [3.8, 4) is 0 Å². The van der Waals surface area contributed by atoms with Gasteiger partial charge in [0.1, 0.15) is 0 Å². The summed E-state index contributed by atoms with van der Waals surface area (Å²) in [5, 5.41) is 12.8. The average Bonchev–Trinajstić information content (AvgIpc) is 2.76. The molecule has 2 rings (SSSR count). The van der Waals surface area contributed by atoms with Gasteiger partial charge in [0.2, 0.25) is 5.91 Å². The van der Waals surface area contributed by atoms with E-state index in [0.29, 0.717) is 6.61 Å². The van der Waals surface area contributed by atoms with Gasteiger partial charge in [-0.05, 0) is 18.9 Å². The summed E-state index contributed by atoms with van der Waals surface area (Å²) in [7, 11) is 0. The fourth-order valence-corrected chi connectivity index (χ4v) is 2.16. The van der Waals surface area contributed by atoms with Crippen LogP contribution in [0.2, 0.25) is 0 Å². The van der Waals surface area contributed by atoms with Gasteiger partial charge in [-0.3, -0.25) is 4.79 Å². The van der Waals surface area contributed by atoms with Crippen molar-refractivity contribution in [3.05, 3.63) is 35.9 Å². The number of nitrogens with one attached hydrogen (secondary N) is 1. The van der Waals surface area contributed by atoms with Gasteiger partial charge in [0.25, 0.3) is 0 Å². The molecule has 1 aliphatic heterocycles. The van der Waals surface area contributed by atoms with Gasteiger partial charge in [0.05, 0.1) is 24.7 Å². The van der Waals surface area contributed by atoms with Crippen LogP contribution in [-0.2, 0) is 9.53 Å². The molecule has 1 saturated heterocycles. The Kier molecular flexibility index (Phi) is 4.33. The summed E-state index contributed by atoms with van der Waals surface area (Å²) in [4.78, 5) is 11.8. The number of aliphatic hydroxyl groups excluding tert-OH is 1. The predicted octanol–water partition coefficient (Wildman–Crippen LogP) is 1.40. The Morgan fingerprint density at radius 3 is 2.83 bits per heavy atom. The predicted molar refractivity (Wildman–Crippen MR) is 68.0 cm³/mol. The lowest BCUT2D eigenvalue weighted by atomic mass is 10.1. The molecule has 1 aliphatic rings. The first kappa shape index (κ1) is 13.1. The van der Waals surface area contributed by atoms with Crippen molar-refractivity contribution in [3.63, 3.8) is 0 Å². The third-order valence-electron chi connectivity index (χ3n) is 3.29. The minimum atomic E-state index is -0.746. The SMILES string of the molecule is CC1OCCC1NC(=O)CC(O)c1ccccc1. The third kappa shape index (κ3) is 3.31. The van der Waals surface area contributed by atoms with Crippen LogP contribution >= 0.6 is 0 Å². The molecule has 2 N–H and O–H groups in total. The summed E-state index contributed by atoms with van der Waals surface area (Å²) in [6, 6.07) is 9.29. The zero-order chi connectivity index (χ0) is 13.0. The summed E-state index contributed by atoms with van der Waals surface area (Å²) in [6.07, 6.45) is 0.244. The molecule has 3 atom stereocenters. The highest BCUT2D eigenvalue weighted by Crippen LogP contribution is 2.17. The molecule has 4 heteroatoms. The maximum atomic E-state index is 11.8. The molecular formula is C14H19NO3. The van der Waals surface area contributed by atoms with Crippen LogP contribution in [0.4, 0.5) is 0 Å². The number of carbonyl (C=O) groups is 1. The molecule has 1 amide bonds. The highest BCUT2D eigenvalue weighted by Gasteiger charge is 2.26. The molecule has 1 aromatic carbocycles. The van der Waals surface area contributed by atoms with Crippen LogP contribution in [0.3, 0.4) is 0 Å². The minimum absolute atomic E-state index is 0.0582. The molecule has 0 saturated carbocycles. The van der Waals surface area contributed by atoms with Crippen LogP contribution in [-0.4, -0.2) is 29.8 Å². The van der Waals surface area contributed by atoms with Crippen molar-refractivity contribution in [2.45, 2.75) is 38.0 Å². The molecule has 1 fully saturated rings. The maximum absolute atomic E-state index is 11.8. The summed E-state index contributed by atoms with van der Waals surface area (Å²) in [5.74, 6) is -0.131. The number of benzene rings is 1. The van der Waals surface area contributed by atoms with E-state index in [4.69, 9.17) is 4.74 Å². The first-order valence-electron chi connectivity index (χ1n) is 6.31. The van der Waals surface area contributed by atoms with Gasteiger partial charge in [0, 0.05) is 6.61 Å². The molecule has 0 aromatic heterocycles. The normalized spacial score (nSPS) is 24.8. The number of rotatable bonds is 4. The molecule has 0 spiro atoms. The molecule has 0 radical (unpaired) electrons. The number of hydrogen-bond acceptors (Lipinski definition) is 3. The lowest BCUT2D eigenvalue weighted by molar-refractivity contribution is -0.124. The molecule has 98 valence electrons. The molecule has 18 heavy (non-hydrogen) atoms. The van der Waals surface area contributed by atoms with E-state index >= 15 is 0 Å². The number of amides is 1. The quantitative estimate of drug-likeness (QED) is 0.848. The van der Waals surface area contributed by atoms with Gasteiger partial charge in [-0.15, -0.1) is 0 Å². The summed E-state index contributed by atoms with van der Waals surface area (Å²) in [5.41, 5.74) is 0.767. The topological polar surface area (TPSA) is 58.6 Å². The summed E-state index contributed by atoms with van der Waals surface area (Å²) >= 11 is 0. The summed E-state index contributed by atoms with van der Waals surface area (Å²) < 4.78 is 5.38. The Bertz CT molecular complexity index is 393. The number of carbonyl (C=O) groups excluding carboxylic acids is 1. The Morgan fingerprint density at radius 2 is 2.22 bits per heavy atom. The van der Waals surface area contributed by atoms with E-state index in [1.165, 1.54) is 0 Å². The molecular weight excluding hydrogens is 230 g/mol. The van der Waals surface area contributed by atoms with Crippen LogP contribution in [0.15, 0.2) is 30.3 Å². The lowest BCUT2D eigenvalue weighted by Crippen LogP contribution is -2.39. The van der Waals surface area contributed by atoms with Gasteiger partial charge in [-0.1, -0.05) is 30.3 Å². The largest absolute Gasteiger partial charge is 0.388 e. The van der Waals surface area contributed by atoms with Gasteiger partial charge < -0.3 is 15.2 Å². The Hall–Kier alpha value is -1.39. The van der Waals surface area contributed by atoms with Crippen molar-refractivity contribution >= 4 is 5.91 Å². The second kappa shape index (κ2) is 5.98. The number of aliphatic hydroxyl groups is 1. The van der Waals surface area contributed by atoms with Crippen LogP contribution in [0, 0.1) is 0 Å². The Morgan fingerprint density at radius 1 is 1.50 bits per heavy atom. The third-order valence-corrected chi connectivity index (χ3v) is 3.29. The van der Waals surface area contributed by atoms with Crippen molar-refractivity contribution in [1.29, 1.82) is 0 Å². The van der Waals surface area contributed by atoms with Gasteiger partial charge in [0.15, 0.2) is 0 Å². The van der Waals surface area contributed by atoms with Crippen LogP contribution in [0.1, 0.15) is 31.4 Å². The monoisotopic (exact) mass is 249 g/mol. The Labute approximate surface area is 107 Å². The van der Waals surface area contributed by atoms with E-state index in [-0.39, 0.29) is 24.5 Å². The van der Waals surface area contributed by atoms with Crippen molar-refractivity contribution in [1.82, 2.24) is 5.32 Å². The van der Waals surface area contributed by atoms with Crippen molar-refractivity contribution in [2.75, 3.05) is 6.61 Å². The van der Waals surface area contributed by atoms with Crippen molar-refractivity contribution in [2.24, 2.45) is 0 Å². The zero-order valence-electron chi connectivity index (χ0n) is 10.5. The van der Waals surface area contributed by atoms with Crippen LogP contribution in [0.5, 0.6) is 0 Å². The first-order chi connectivity index (χ1) is 8.66. The van der Waals surface area contributed by atoms with E-state index < -0.39 is 6.10 Å². The smallest absolute Gasteiger partial charge is 0.223 e. The van der Waals surface area contributed by atoms with E-state index in [1.807, 2.05) is 37.3 Å². The van der Waals surface area contributed by atoms with Gasteiger partial charge >= 0.3 is 0 Å². The maximum Gasteiger partial charge on any atom is 0.223 e. The lowest BCUT2D eigenvalue weighted by Gasteiger charge is -2.17. The van der Waals surface area contributed by atoms with E-state index in [1.54, 1.807) is 0 Å². The Balaban J connectivity index is 1.84. The molecule has 1 heterocycles. The highest BCUT2D eigenvalue weighted by molar-refractivity contribution is 5.77. The molecule has 0 aliphatic carbocycles. The molecule has 3 unspecified atom stereocenters. The van der Waals surface area contributed by atoms with Crippen molar-refractivity contribution < 1.29 is 14.6 Å². The van der Waals surface area contributed by atoms with E-state index in [2.05, 4.69) is 5.32 Å². The minimum Gasteiger partial charge on any atom is -0.388 e. The molecule has 0 bridgehead atoms. The van der Waals surface area contributed by atoms with E-state index in [0.717, 1.165) is 12.0 Å². The highest BCUT2D eigenvalue weighted by atomic mass is 16.5. The van der Waals surface area contributed by atoms with Gasteiger partial charge in [-0.25, -0.2) is 0 Å². The fraction of sp³-hybridized carbons (Fsp3) is 0.500. The second-order valence-electron chi connectivity index (χ2n) is 4.67. The zero-order valence-corrected chi connectivity index (χ0v) is 10.5. The first-order valence-corrected chi connectivity index (χ1v) is 6.31. The standard InChI is InChI=1S/C14H19NO3/c1-10-12(7-8-18-10)15-14(17)9-13(16)11-5-3-2-4-6-11/h2-6,10,12-13,16H,7-9H2,1H3,(H,15,17). The number of hydrogen-bond donors (Lipinski definition) is 2. The fourth-order valence-electron chi connectivity index (χ4n) is 2.16. The second-order valence-corrected chi connectivity index (χ2v) is 4.67. The van der Waals surface area contributed by atoms with E-state index in [9.17, 15) is 9.90 Å².